The first-order valence-corrected chi connectivity index (χ1v) is 7.92. The van der Waals surface area contributed by atoms with E-state index in [2.05, 4.69) is 20.7 Å². The molecule has 1 aromatic rings. The summed E-state index contributed by atoms with van der Waals surface area (Å²) in [5.41, 5.74) is -1.84. The highest BCUT2D eigenvalue weighted by molar-refractivity contribution is 9.08. The Morgan fingerprint density at radius 3 is 2.17 bits per heavy atom. The van der Waals surface area contributed by atoms with E-state index < -0.39 is 24.7 Å². The van der Waals surface area contributed by atoms with Gasteiger partial charge in [-0.25, -0.2) is 0 Å². The summed E-state index contributed by atoms with van der Waals surface area (Å²) >= 11 is 3.08. The molecule has 4 nitrogen and oxygen atoms in total. The Labute approximate surface area is 141 Å². The molecule has 0 saturated carbocycles. The molecule has 2 N–H and O–H groups in total. The Bertz CT molecular complexity index is 544. The molecule has 0 bridgehead atoms. The molecule has 1 rings (SSSR count). The summed E-state index contributed by atoms with van der Waals surface area (Å²) in [6.07, 6.45) is -4.80. The lowest BCUT2D eigenvalue weighted by atomic mass is 9.76. The Balaban J connectivity index is 3.01. The third-order valence-electron chi connectivity index (χ3n) is 3.62. The van der Waals surface area contributed by atoms with Crippen LogP contribution >= 0.6 is 15.9 Å². The number of hydrogen-bond donors (Lipinski definition) is 2. The fourth-order valence-electron chi connectivity index (χ4n) is 1.57. The highest BCUT2D eigenvalue weighted by Crippen LogP contribution is 2.28. The zero-order valence-electron chi connectivity index (χ0n) is 13.2. The van der Waals surface area contributed by atoms with Gasteiger partial charge >= 0.3 is 13.5 Å². The quantitative estimate of drug-likeness (QED) is 0.571. The second-order valence-electron chi connectivity index (χ2n) is 6.09. The third kappa shape index (κ3) is 5.67. The lowest BCUT2D eigenvalue weighted by Gasteiger charge is -2.38. The van der Waals surface area contributed by atoms with Gasteiger partial charge in [0, 0.05) is 10.9 Å². The predicted octanol–water partition coefficient (Wildman–Crippen LogP) is 2.73. The maximum Gasteiger partial charge on any atom is 0.573 e. The van der Waals surface area contributed by atoms with Crippen molar-refractivity contribution in [1.29, 1.82) is 0 Å². The van der Waals surface area contributed by atoms with E-state index in [1.54, 1.807) is 13.8 Å². The van der Waals surface area contributed by atoms with E-state index in [1.807, 2.05) is 0 Å². The summed E-state index contributed by atoms with van der Waals surface area (Å²) in [6, 6.07) is 3.74. The van der Waals surface area contributed by atoms with Crippen molar-refractivity contribution in [2.24, 2.45) is 0 Å². The van der Waals surface area contributed by atoms with Crippen molar-refractivity contribution in [1.82, 2.24) is 0 Å². The van der Waals surface area contributed by atoms with Gasteiger partial charge in [0.05, 0.1) is 11.2 Å². The molecule has 0 amide bonds. The zero-order valence-corrected chi connectivity index (χ0v) is 14.8. The molecule has 23 heavy (non-hydrogen) atoms. The number of alkyl halides is 4. The maximum absolute atomic E-state index is 12.3. The molecule has 0 spiro atoms. The Morgan fingerprint density at radius 2 is 1.74 bits per heavy atom. The first-order chi connectivity index (χ1) is 10.3. The van der Waals surface area contributed by atoms with Crippen molar-refractivity contribution in [3.8, 4) is 5.75 Å². The topological polar surface area (TPSA) is 58.9 Å². The van der Waals surface area contributed by atoms with Crippen molar-refractivity contribution >= 4 is 28.5 Å². The Hall–Kier alpha value is -0.765. The third-order valence-corrected chi connectivity index (χ3v) is 4.22. The normalized spacial score (nSPS) is 13.1. The zero-order chi connectivity index (χ0) is 18.1. The molecule has 0 fully saturated rings. The average molecular weight is 399 g/mol. The van der Waals surface area contributed by atoms with Crippen LogP contribution in [-0.2, 0) is 9.98 Å². The van der Waals surface area contributed by atoms with Gasteiger partial charge in [-0.15, -0.1) is 13.2 Å². The van der Waals surface area contributed by atoms with Crippen LogP contribution in [0, 0.1) is 0 Å². The van der Waals surface area contributed by atoms with Gasteiger partial charge in [0.1, 0.15) is 5.75 Å². The second-order valence-corrected chi connectivity index (χ2v) is 6.65. The summed E-state index contributed by atoms with van der Waals surface area (Å²) in [5, 5.41) is 20.3. The summed E-state index contributed by atoms with van der Waals surface area (Å²) in [4.78, 5) is 0. The van der Waals surface area contributed by atoms with E-state index in [-0.39, 0.29) is 22.1 Å². The van der Waals surface area contributed by atoms with Gasteiger partial charge in [0.2, 0.25) is 0 Å². The van der Waals surface area contributed by atoms with Gasteiger partial charge in [-0.05, 0) is 39.2 Å². The molecule has 0 aromatic heterocycles. The molecule has 130 valence electrons. The first-order valence-electron chi connectivity index (χ1n) is 6.79. The number of ether oxygens (including phenoxy) is 1. The molecule has 9 heteroatoms. The minimum Gasteiger partial charge on any atom is -0.423 e. The van der Waals surface area contributed by atoms with Crippen LogP contribution in [0.3, 0.4) is 0 Å². The molecule has 0 heterocycles. The van der Waals surface area contributed by atoms with Crippen molar-refractivity contribution in [3.63, 3.8) is 0 Å². The minimum absolute atomic E-state index is 0.105. The summed E-state index contributed by atoms with van der Waals surface area (Å²) < 4.78 is 46.4. The molecule has 0 aliphatic rings. The molecule has 0 radical (unpaired) electrons. The summed E-state index contributed by atoms with van der Waals surface area (Å²) in [6.45, 7) is 6.26. The van der Waals surface area contributed by atoms with Crippen LogP contribution in [0.4, 0.5) is 13.2 Å². The van der Waals surface area contributed by atoms with Gasteiger partial charge in [0.15, 0.2) is 0 Å². The van der Waals surface area contributed by atoms with E-state index in [0.717, 1.165) is 6.07 Å². The van der Waals surface area contributed by atoms with Crippen LogP contribution in [-0.4, -0.2) is 34.8 Å². The molecule has 0 aliphatic carbocycles. The SMILES string of the molecule is CC(C)(O)C(C)(C)OB(O)c1ccc(OC(F)(F)F)c(CBr)c1. The highest BCUT2D eigenvalue weighted by atomic mass is 79.9. The molecule has 0 atom stereocenters. The lowest BCUT2D eigenvalue weighted by molar-refractivity contribution is -0.274. The number of aliphatic hydroxyl groups is 1. The summed E-state index contributed by atoms with van der Waals surface area (Å²) in [5.74, 6) is -0.355. The fourth-order valence-corrected chi connectivity index (χ4v) is 2.01. The number of halogens is 4. The largest absolute Gasteiger partial charge is 0.573 e. The molecule has 0 aliphatic heterocycles. The van der Waals surface area contributed by atoms with Gasteiger partial charge in [-0.1, -0.05) is 28.1 Å². The lowest BCUT2D eigenvalue weighted by Crippen LogP contribution is -2.53. The first kappa shape index (κ1) is 20.3. The smallest absolute Gasteiger partial charge is 0.423 e. The van der Waals surface area contributed by atoms with Crippen LogP contribution in [0.5, 0.6) is 5.75 Å². The van der Waals surface area contributed by atoms with E-state index >= 15 is 0 Å². The van der Waals surface area contributed by atoms with Crippen LogP contribution < -0.4 is 10.2 Å². The van der Waals surface area contributed by atoms with Crippen LogP contribution in [0.15, 0.2) is 18.2 Å². The van der Waals surface area contributed by atoms with Gasteiger partial charge in [-0.3, -0.25) is 0 Å². The molecular formula is C14H19BBrF3O4. The monoisotopic (exact) mass is 398 g/mol. The van der Waals surface area contributed by atoms with E-state index in [9.17, 15) is 23.3 Å². The fraction of sp³-hybridized carbons (Fsp3) is 0.571. The Morgan fingerprint density at radius 1 is 1.17 bits per heavy atom. The highest BCUT2D eigenvalue weighted by Gasteiger charge is 2.39. The maximum atomic E-state index is 12.3. The molecule has 1 aromatic carbocycles. The van der Waals surface area contributed by atoms with Crippen LogP contribution in [0.2, 0.25) is 0 Å². The van der Waals surface area contributed by atoms with Crippen molar-refractivity contribution in [2.45, 2.75) is 50.6 Å². The molecular weight excluding hydrogens is 380 g/mol. The van der Waals surface area contributed by atoms with E-state index in [1.165, 1.54) is 26.0 Å². The van der Waals surface area contributed by atoms with Crippen molar-refractivity contribution < 1.29 is 32.7 Å². The van der Waals surface area contributed by atoms with Crippen molar-refractivity contribution in [2.75, 3.05) is 0 Å². The minimum atomic E-state index is -4.80. The van der Waals surface area contributed by atoms with Crippen molar-refractivity contribution in [3.05, 3.63) is 23.8 Å². The standard InChI is InChI=1S/C14H19BBrF3O4/c1-12(2,20)13(3,4)23-15(21)10-5-6-11(9(7-10)8-16)22-14(17,18)19/h5-7,20-21H,8H2,1-4H3. The van der Waals surface area contributed by atoms with Crippen LogP contribution in [0.25, 0.3) is 0 Å². The predicted molar refractivity (Wildman–Crippen MR) is 84.8 cm³/mol. The van der Waals surface area contributed by atoms with Gasteiger partial charge in [-0.2, -0.15) is 0 Å². The second kappa shape index (κ2) is 7.00. The number of hydrogen-bond acceptors (Lipinski definition) is 4. The van der Waals surface area contributed by atoms with Gasteiger partial charge in [0.25, 0.3) is 0 Å². The van der Waals surface area contributed by atoms with Gasteiger partial charge < -0.3 is 19.5 Å². The average Bonchev–Trinajstić information content (AvgIpc) is 2.35. The molecule has 0 saturated heterocycles. The number of benzene rings is 1. The van der Waals surface area contributed by atoms with E-state index in [0.29, 0.717) is 0 Å². The Kier molecular flexibility index (Phi) is 6.18. The van der Waals surface area contributed by atoms with Crippen LogP contribution in [0.1, 0.15) is 33.3 Å². The molecule has 0 unspecified atom stereocenters. The van der Waals surface area contributed by atoms with E-state index in [4.69, 9.17) is 4.65 Å². The number of rotatable bonds is 6. The summed E-state index contributed by atoms with van der Waals surface area (Å²) in [7, 11) is -1.41.